The van der Waals surface area contributed by atoms with E-state index in [2.05, 4.69) is 5.10 Å². The van der Waals surface area contributed by atoms with Crippen LogP contribution in [0.15, 0.2) is 12.3 Å². The first-order chi connectivity index (χ1) is 6.57. The van der Waals surface area contributed by atoms with Crippen molar-refractivity contribution in [3.63, 3.8) is 0 Å². The van der Waals surface area contributed by atoms with Crippen molar-refractivity contribution in [3.05, 3.63) is 18.0 Å². The predicted octanol–water partition coefficient (Wildman–Crippen LogP) is 2.96. The number of alkyl halides is 2. The minimum atomic E-state index is -2.44. The van der Waals surface area contributed by atoms with E-state index in [4.69, 9.17) is 0 Å². The Labute approximate surface area is 82.9 Å². The highest BCUT2D eigenvalue weighted by Gasteiger charge is 2.46. The van der Waals surface area contributed by atoms with Gasteiger partial charge in [0.15, 0.2) is 0 Å². The number of rotatable bonds is 1. The molecule has 1 aliphatic carbocycles. The van der Waals surface area contributed by atoms with E-state index in [1.807, 2.05) is 13.8 Å². The molecule has 2 rings (SSSR count). The van der Waals surface area contributed by atoms with Crippen LogP contribution in [0, 0.1) is 0 Å². The molecule has 0 unspecified atom stereocenters. The van der Waals surface area contributed by atoms with Crippen molar-refractivity contribution in [3.8, 4) is 0 Å². The average Bonchev–Trinajstić information content (AvgIpc) is 2.51. The molecule has 0 saturated heterocycles. The molecule has 1 aromatic rings. The van der Waals surface area contributed by atoms with Gasteiger partial charge in [-0.25, -0.2) is 8.78 Å². The van der Waals surface area contributed by atoms with Gasteiger partial charge in [-0.2, -0.15) is 5.10 Å². The van der Waals surface area contributed by atoms with Crippen molar-refractivity contribution in [1.29, 1.82) is 0 Å². The molecular formula is C10H16F2N2. The minimum absolute atomic E-state index is 0.0267. The van der Waals surface area contributed by atoms with Gasteiger partial charge in [0.2, 0.25) is 5.92 Å². The van der Waals surface area contributed by atoms with Crippen molar-refractivity contribution >= 4 is 0 Å². The highest BCUT2D eigenvalue weighted by molar-refractivity contribution is 5.13. The fourth-order valence-corrected chi connectivity index (χ4v) is 1.52. The minimum Gasteiger partial charge on any atom is -0.276 e. The van der Waals surface area contributed by atoms with Gasteiger partial charge in [0.25, 0.3) is 0 Å². The monoisotopic (exact) mass is 202 g/mol. The summed E-state index contributed by atoms with van der Waals surface area (Å²) in [7, 11) is 1.79. The van der Waals surface area contributed by atoms with E-state index in [1.54, 1.807) is 24.0 Å². The highest BCUT2D eigenvalue weighted by atomic mass is 19.3. The predicted molar refractivity (Wildman–Crippen MR) is 51.5 cm³/mol. The van der Waals surface area contributed by atoms with Crippen molar-refractivity contribution in [2.24, 2.45) is 7.05 Å². The third-order valence-electron chi connectivity index (χ3n) is 2.24. The van der Waals surface area contributed by atoms with E-state index in [0.29, 0.717) is 0 Å². The lowest BCUT2D eigenvalue weighted by atomic mass is 9.79. The van der Waals surface area contributed by atoms with Crippen LogP contribution >= 0.6 is 0 Å². The fraction of sp³-hybridized carbons (Fsp3) is 0.700. The Balaban J connectivity index is 0.000000461. The molecule has 0 N–H and O–H groups in total. The zero-order valence-corrected chi connectivity index (χ0v) is 8.80. The van der Waals surface area contributed by atoms with Crippen LogP contribution in [-0.4, -0.2) is 15.7 Å². The molecule has 1 heterocycles. The van der Waals surface area contributed by atoms with Crippen LogP contribution in [0.4, 0.5) is 8.78 Å². The van der Waals surface area contributed by atoms with Crippen molar-refractivity contribution in [1.82, 2.24) is 9.78 Å². The maximum absolute atomic E-state index is 12.4. The molecule has 1 aliphatic rings. The van der Waals surface area contributed by atoms with Gasteiger partial charge < -0.3 is 0 Å². The second kappa shape index (κ2) is 4.07. The van der Waals surface area contributed by atoms with Crippen LogP contribution in [0.3, 0.4) is 0 Å². The van der Waals surface area contributed by atoms with Crippen LogP contribution < -0.4 is 0 Å². The molecule has 0 atom stereocenters. The molecule has 0 spiro atoms. The standard InChI is InChI=1S/C8H10F2N2.C2H6/c1-12-3-2-7(11-12)6-4-8(9,10)5-6;1-2/h2-3,6H,4-5H2,1H3;1-2H3. The molecule has 2 nitrogen and oxygen atoms in total. The highest BCUT2D eigenvalue weighted by Crippen LogP contribution is 2.47. The zero-order valence-electron chi connectivity index (χ0n) is 8.80. The Hall–Kier alpha value is -0.930. The molecule has 1 fully saturated rings. The molecule has 0 bridgehead atoms. The SMILES string of the molecule is CC.Cn1ccc(C2CC(F)(F)C2)n1. The van der Waals surface area contributed by atoms with Crippen molar-refractivity contribution in [2.75, 3.05) is 0 Å². The second-order valence-electron chi connectivity index (χ2n) is 3.38. The van der Waals surface area contributed by atoms with Crippen LogP contribution in [0.2, 0.25) is 0 Å². The number of aryl methyl sites for hydroxylation is 1. The molecule has 1 saturated carbocycles. The summed E-state index contributed by atoms with van der Waals surface area (Å²) in [6, 6.07) is 1.81. The number of hydrogen-bond acceptors (Lipinski definition) is 1. The first kappa shape index (κ1) is 11.1. The summed E-state index contributed by atoms with van der Waals surface area (Å²) >= 11 is 0. The van der Waals surface area contributed by atoms with E-state index in [-0.39, 0.29) is 18.8 Å². The summed E-state index contributed by atoms with van der Waals surface area (Å²) in [5, 5.41) is 4.08. The van der Waals surface area contributed by atoms with E-state index < -0.39 is 5.92 Å². The molecule has 0 amide bonds. The normalized spacial score (nSPS) is 19.5. The molecule has 80 valence electrons. The summed E-state index contributed by atoms with van der Waals surface area (Å²) < 4.78 is 26.5. The fourth-order valence-electron chi connectivity index (χ4n) is 1.52. The maximum atomic E-state index is 12.4. The summed E-state index contributed by atoms with van der Waals surface area (Å²) in [5.41, 5.74) is 0.795. The molecule has 0 aromatic carbocycles. The summed E-state index contributed by atoms with van der Waals surface area (Å²) in [5.74, 6) is -2.47. The number of aromatic nitrogens is 2. The van der Waals surface area contributed by atoms with Crippen LogP contribution in [0.5, 0.6) is 0 Å². The Morgan fingerprint density at radius 2 is 2.00 bits per heavy atom. The van der Waals surface area contributed by atoms with Gasteiger partial charge in [-0.15, -0.1) is 0 Å². The van der Waals surface area contributed by atoms with Gasteiger partial charge in [0.05, 0.1) is 5.69 Å². The molecule has 4 heteroatoms. The summed E-state index contributed by atoms with van der Waals surface area (Å²) in [4.78, 5) is 0. The molecule has 1 aromatic heterocycles. The van der Waals surface area contributed by atoms with Gasteiger partial charge in [0, 0.05) is 32.0 Å². The smallest absolute Gasteiger partial charge is 0.249 e. The van der Waals surface area contributed by atoms with E-state index in [1.165, 1.54) is 0 Å². The Bertz CT molecular complexity index is 286. The summed E-state index contributed by atoms with van der Waals surface area (Å²) in [6.45, 7) is 4.00. The first-order valence-corrected chi connectivity index (χ1v) is 4.94. The van der Waals surface area contributed by atoms with E-state index in [9.17, 15) is 8.78 Å². The molecule has 0 radical (unpaired) electrons. The van der Waals surface area contributed by atoms with Crippen LogP contribution in [-0.2, 0) is 7.05 Å². The van der Waals surface area contributed by atoms with Crippen LogP contribution in [0.25, 0.3) is 0 Å². The first-order valence-electron chi connectivity index (χ1n) is 4.94. The van der Waals surface area contributed by atoms with Gasteiger partial charge in [0.1, 0.15) is 0 Å². The van der Waals surface area contributed by atoms with Crippen molar-refractivity contribution < 1.29 is 8.78 Å². The lowest BCUT2D eigenvalue weighted by molar-refractivity contribution is -0.0876. The molecular weight excluding hydrogens is 186 g/mol. The Morgan fingerprint density at radius 3 is 2.36 bits per heavy atom. The number of nitrogens with zero attached hydrogens (tertiary/aromatic N) is 2. The zero-order chi connectivity index (χ0) is 10.8. The lowest BCUT2D eigenvalue weighted by Gasteiger charge is -2.33. The average molecular weight is 202 g/mol. The third kappa shape index (κ3) is 2.30. The van der Waals surface area contributed by atoms with Crippen molar-refractivity contribution in [2.45, 2.75) is 38.5 Å². The third-order valence-corrected chi connectivity index (χ3v) is 2.24. The largest absolute Gasteiger partial charge is 0.276 e. The lowest BCUT2D eigenvalue weighted by Crippen LogP contribution is -2.33. The van der Waals surface area contributed by atoms with Gasteiger partial charge >= 0.3 is 0 Å². The van der Waals surface area contributed by atoms with Gasteiger partial charge in [-0.05, 0) is 6.07 Å². The molecule has 0 aliphatic heterocycles. The quantitative estimate of drug-likeness (QED) is 0.684. The maximum Gasteiger partial charge on any atom is 0.249 e. The number of halogens is 2. The summed E-state index contributed by atoms with van der Waals surface area (Å²) in [6.07, 6.45) is 1.71. The van der Waals surface area contributed by atoms with E-state index >= 15 is 0 Å². The van der Waals surface area contributed by atoms with E-state index in [0.717, 1.165) is 5.69 Å². The second-order valence-corrected chi connectivity index (χ2v) is 3.38. The topological polar surface area (TPSA) is 17.8 Å². The van der Waals surface area contributed by atoms with Crippen LogP contribution in [0.1, 0.15) is 38.3 Å². The van der Waals surface area contributed by atoms with Gasteiger partial charge in [-0.1, -0.05) is 13.8 Å². The Morgan fingerprint density at radius 1 is 1.43 bits per heavy atom. The number of hydrogen-bond donors (Lipinski definition) is 0. The van der Waals surface area contributed by atoms with Gasteiger partial charge in [-0.3, -0.25) is 4.68 Å². The molecule has 14 heavy (non-hydrogen) atoms. The Kier molecular flexibility index (Phi) is 3.24.